The SMILES string of the molecule is Cc1nc(-c2ccc(OC(F)F)cc2)c(-c2cc(-c3cccc(S(C)(=O)=O)c3)ccc2N/C=C\C(=N)C(F)(F)F)o1. The number of oxazole rings is 1. The molecule has 0 amide bonds. The van der Waals surface area contributed by atoms with Gasteiger partial charge >= 0.3 is 12.8 Å². The van der Waals surface area contributed by atoms with Crippen molar-refractivity contribution in [1.29, 1.82) is 5.41 Å². The highest BCUT2D eigenvalue weighted by atomic mass is 32.2. The van der Waals surface area contributed by atoms with Crippen molar-refractivity contribution in [2.75, 3.05) is 11.6 Å². The van der Waals surface area contributed by atoms with Crippen molar-refractivity contribution in [2.24, 2.45) is 0 Å². The lowest BCUT2D eigenvalue weighted by atomic mass is 9.98. The Balaban J connectivity index is 1.84. The number of aromatic nitrogens is 1. The molecule has 0 bridgehead atoms. The minimum absolute atomic E-state index is 0.0714. The first-order valence-corrected chi connectivity index (χ1v) is 13.7. The zero-order valence-corrected chi connectivity index (χ0v) is 22.3. The van der Waals surface area contributed by atoms with Crippen LogP contribution in [0.1, 0.15) is 5.89 Å². The van der Waals surface area contributed by atoms with Crippen molar-refractivity contribution < 1.29 is 39.5 Å². The fourth-order valence-corrected chi connectivity index (χ4v) is 4.52. The molecule has 0 aliphatic carbocycles. The molecule has 0 unspecified atom stereocenters. The Morgan fingerprint density at radius 1 is 1.02 bits per heavy atom. The summed E-state index contributed by atoms with van der Waals surface area (Å²) in [6, 6.07) is 16.7. The van der Waals surface area contributed by atoms with Crippen molar-refractivity contribution in [3.8, 4) is 39.5 Å². The number of hydrogen-bond acceptors (Lipinski definition) is 7. The largest absolute Gasteiger partial charge is 0.440 e. The third-order valence-electron chi connectivity index (χ3n) is 5.74. The number of ether oxygens (including phenoxy) is 1. The molecular weight excluding hydrogens is 569 g/mol. The molecule has 3 aromatic carbocycles. The maximum absolute atomic E-state index is 12.8. The van der Waals surface area contributed by atoms with Gasteiger partial charge in [0.1, 0.15) is 17.2 Å². The highest BCUT2D eigenvalue weighted by Gasteiger charge is 2.32. The van der Waals surface area contributed by atoms with Crippen LogP contribution in [-0.2, 0) is 9.84 Å². The van der Waals surface area contributed by atoms with E-state index in [-0.39, 0.29) is 28.0 Å². The summed E-state index contributed by atoms with van der Waals surface area (Å²) in [5, 5.41) is 9.90. The van der Waals surface area contributed by atoms with E-state index < -0.39 is 28.3 Å². The first kappa shape index (κ1) is 29.5. The van der Waals surface area contributed by atoms with Gasteiger partial charge in [0.15, 0.2) is 21.5 Å². The zero-order valence-electron chi connectivity index (χ0n) is 21.5. The van der Waals surface area contributed by atoms with Gasteiger partial charge in [-0.3, -0.25) is 5.41 Å². The number of aryl methyl sites for hydroxylation is 1. The Morgan fingerprint density at radius 2 is 1.68 bits per heavy atom. The zero-order chi connectivity index (χ0) is 29.9. The molecule has 0 radical (unpaired) electrons. The Morgan fingerprint density at radius 3 is 2.32 bits per heavy atom. The second-order valence-electron chi connectivity index (χ2n) is 8.76. The van der Waals surface area contributed by atoms with E-state index in [4.69, 9.17) is 9.83 Å². The van der Waals surface area contributed by atoms with Crippen LogP contribution in [0, 0.1) is 12.3 Å². The molecule has 41 heavy (non-hydrogen) atoms. The summed E-state index contributed by atoms with van der Waals surface area (Å²) in [7, 11) is -3.51. The smallest absolute Gasteiger partial charge is 0.432 e. The van der Waals surface area contributed by atoms with Crippen LogP contribution >= 0.6 is 0 Å². The van der Waals surface area contributed by atoms with Gasteiger partial charge in [-0.1, -0.05) is 18.2 Å². The molecule has 7 nitrogen and oxygen atoms in total. The van der Waals surface area contributed by atoms with Gasteiger partial charge in [0.2, 0.25) is 0 Å². The van der Waals surface area contributed by atoms with Crippen LogP contribution in [0.3, 0.4) is 0 Å². The lowest BCUT2D eigenvalue weighted by Gasteiger charge is -2.13. The molecule has 0 spiro atoms. The Labute approximate surface area is 231 Å². The van der Waals surface area contributed by atoms with E-state index in [0.717, 1.165) is 12.5 Å². The van der Waals surface area contributed by atoms with E-state index in [0.29, 0.717) is 34.0 Å². The van der Waals surface area contributed by atoms with Gasteiger partial charge in [0.05, 0.1) is 4.90 Å². The molecule has 0 fully saturated rings. The molecule has 0 saturated carbocycles. The predicted molar refractivity (Wildman–Crippen MR) is 144 cm³/mol. The molecule has 0 aliphatic rings. The van der Waals surface area contributed by atoms with Crippen LogP contribution < -0.4 is 10.1 Å². The number of benzene rings is 3. The number of sulfone groups is 1. The predicted octanol–water partition coefficient (Wildman–Crippen LogP) is 7.50. The summed E-state index contributed by atoms with van der Waals surface area (Å²) in [4.78, 5) is 4.51. The molecule has 13 heteroatoms. The van der Waals surface area contributed by atoms with Crippen LogP contribution in [-0.4, -0.2) is 38.2 Å². The summed E-state index contributed by atoms with van der Waals surface area (Å²) >= 11 is 0. The second kappa shape index (κ2) is 11.5. The summed E-state index contributed by atoms with van der Waals surface area (Å²) < 4.78 is 98.1. The third-order valence-corrected chi connectivity index (χ3v) is 6.85. The summed E-state index contributed by atoms with van der Waals surface area (Å²) in [5.41, 5.74) is 0.952. The van der Waals surface area contributed by atoms with Gasteiger partial charge in [-0.25, -0.2) is 13.4 Å². The number of rotatable bonds is 9. The maximum Gasteiger partial charge on any atom is 0.432 e. The average molecular weight is 592 g/mol. The van der Waals surface area contributed by atoms with Crippen LogP contribution in [0.15, 0.2) is 88.3 Å². The van der Waals surface area contributed by atoms with Gasteiger partial charge in [-0.15, -0.1) is 0 Å². The quantitative estimate of drug-likeness (QED) is 0.154. The molecule has 1 aromatic heterocycles. The summed E-state index contributed by atoms with van der Waals surface area (Å²) in [6.45, 7) is -1.42. The molecule has 0 saturated heterocycles. The topological polar surface area (TPSA) is 105 Å². The van der Waals surface area contributed by atoms with Gasteiger partial charge in [0.25, 0.3) is 0 Å². The summed E-state index contributed by atoms with van der Waals surface area (Å²) in [6.07, 6.45) is -2.24. The maximum atomic E-state index is 12.8. The highest BCUT2D eigenvalue weighted by molar-refractivity contribution is 7.90. The molecule has 2 N–H and O–H groups in total. The van der Waals surface area contributed by atoms with Crippen LogP contribution in [0.5, 0.6) is 5.75 Å². The van der Waals surface area contributed by atoms with Gasteiger partial charge in [-0.2, -0.15) is 22.0 Å². The fourth-order valence-electron chi connectivity index (χ4n) is 3.85. The molecular formula is C28H22F5N3O4S. The molecule has 214 valence electrons. The van der Waals surface area contributed by atoms with E-state index in [1.165, 1.54) is 36.4 Å². The Bertz CT molecular complexity index is 1710. The molecule has 1 heterocycles. The minimum Gasteiger partial charge on any atom is -0.440 e. The number of hydrogen-bond donors (Lipinski definition) is 2. The lowest BCUT2D eigenvalue weighted by molar-refractivity contribution is -0.0584. The molecule has 0 aliphatic heterocycles. The van der Waals surface area contributed by atoms with Crippen LogP contribution in [0.4, 0.5) is 27.6 Å². The van der Waals surface area contributed by atoms with E-state index in [9.17, 15) is 30.4 Å². The first-order chi connectivity index (χ1) is 19.2. The van der Waals surface area contributed by atoms with Gasteiger partial charge in [-0.05, 0) is 65.7 Å². The number of nitrogens with one attached hydrogen (secondary N) is 2. The van der Waals surface area contributed by atoms with Crippen molar-refractivity contribution >= 4 is 21.2 Å². The first-order valence-electron chi connectivity index (χ1n) is 11.8. The Kier molecular flexibility index (Phi) is 8.29. The van der Waals surface area contributed by atoms with E-state index in [1.54, 1.807) is 37.3 Å². The van der Waals surface area contributed by atoms with E-state index in [2.05, 4.69) is 15.0 Å². The highest BCUT2D eigenvalue weighted by Crippen LogP contribution is 2.40. The van der Waals surface area contributed by atoms with Crippen molar-refractivity contribution in [1.82, 2.24) is 4.98 Å². The second-order valence-corrected chi connectivity index (χ2v) is 10.8. The number of alkyl halides is 5. The van der Waals surface area contributed by atoms with Gasteiger partial charge in [0, 0.05) is 36.2 Å². The minimum atomic E-state index is -4.83. The fraction of sp³-hybridized carbons (Fsp3) is 0.143. The molecule has 4 aromatic rings. The monoisotopic (exact) mass is 591 g/mol. The van der Waals surface area contributed by atoms with Crippen molar-refractivity contribution in [2.45, 2.75) is 24.6 Å². The number of anilines is 1. The number of allylic oxidation sites excluding steroid dienone is 1. The van der Waals surface area contributed by atoms with Gasteiger partial charge < -0.3 is 14.5 Å². The number of halogens is 5. The van der Waals surface area contributed by atoms with E-state index in [1.807, 2.05) is 0 Å². The lowest BCUT2D eigenvalue weighted by Crippen LogP contribution is -2.19. The Hall–Kier alpha value is -4.52. The van der Waals surface area contributed by atoms with Crippen molar-refractivity contribution in [3.63, 3.8) is 0 Å². The van der Waals surface area contributed by atoms with E-state index >= 15 is 0 Å². The van der Waals surface area contributed by atoms with Crippen molar-refractivity contribution in [3.05, 3.63) is 84.9 Å². The molecule has 4 rings (SSSR count). The average Bonchev–Trinajstić information content (AvgIpc) is 3.29. The summed E-state index contributed by atoms with van der Waals surface area (Å²) in [5.74, 6) is 0.374. The normalized spacial score (nSPS) is 12.2. The molecule has 0 atom stereocenters. The third kappa shape index (κ3) is 7.17. The van der Waals surface area contributed by atoms with Crippen LogP contribution in [0.25, 0.3) is 33.7 Å². The van der Waals surface area contributed by atoms with Crippen LogP contribution in [0.2, 0.25) is 0 Å². The standard InChI is InChI=1S/C28H22F5N3O4S/c1-16-36-25(17-6-9-20(10-7-17)40-27(29)30)26(39-16)22-15-19(18-4-3-5-21(14-18)41(2,37)38)8-11-23(22)35-13-12-24(34)28(31,32)33/h3-15,27,34-35H,1-2H3/b13-12-,34-24?. The number of nitrogens with zero attached hydrogens (tertiary/aromatic N) is 1.